The summed E-state index contributed by atoms with van der Waals surface area (Å²) in [5, 5.41) is 7.06. The van der Waals surface area contributed by atoms with Gasteiger partial charge in [0.15, 0.2) is 0 Å². The Morgan fingerprint density at radius 2 is 2.05 bits per heavy atom. The Balaban J connectivity index is 1.93. The second kappa shape index (κ2) is 6.34. The first-order valence-electron chi connectivity index (χ1n) is 6.70. The summed E-state index contributed by atoms with van der Waals surface area (Å²) in [6.07, 6.45) is 3.63. The van der Waals surface area contributed by atoms with Crippen molar-refractivity contribution in [1.29, 1.82) is 0 Å². The molecule has 0 saturated carbocycles. The summed E-state index contributed by atoms with van der Waals surface area (Å²) >= 11 is 0. The van der Waals surface area contributed by atoms with E-state index in [-0.39, 0.29) is 17.9 Å². The lowest BCUT2D eigenvalue weighted by molar-refractivity contribution is -0.125. The minimum atomic E-state index is -0.182. The number of carbonyl (C=O) groups is 1. The van der Waals surface area contributed by atoms with Crippen molar-refractivity contribution in [1.82, 2.24) is 15.1 Å². The molecule has 0 saturated heterocycles. The van der Waals surface area contributed by atoms with Crippen LogP contribution in [-0.4, -0.2) is 21.7 Å². The number of nitrogens with zero attached hydrogens (tertiary/aromatic N) is 2. The van der Waals surface area contributed by atoms with Crippen LogP contribution in [0.3, 0.4) is 0 Å². The Hall–Kier alpha value is -2.14. The number of hydrogen-bond acceptors (Lipinski definition) is 3. The molecule has 3 N–H and O–H groups in total. The van der Waals surface area contributed by atoms with Crippen LogP contribution in [0, 0.1) is 5.92 Å². The fourth-order valence-corrected chi connectivity index (χ4v) is 1.78. The number of hydrogen-bond donors (Lipinski definition) is 2. The largest absolute Gasteiger partial charge is 0.352 e. The molecule has 0 aliphatic rings. The Labute approximate surface area is 118 Å². The topological polar surface area (TPSA) is 72.9 Å². The van der Waals surface area contributed by atoms with Crippen LogP contribution in [0.4, 0.5) is 0 Å². The molecular weight excluding hydrogens is 252 g/mol. The van der Waals surface area contributed by atoms with E-state index in [9.17, 15) is 4.79 Å². The Morgan fingerprint density at radius 3 is 2.60 bits per heavy atom. The maximum atomic E-state index is 11.8. The van der Waals surface area contributed by atoms with Crippen LogP contribution in [0.25, 0.3) is 5.69 Å². The third kappa shape index (κ3) is 3.45. The van der Waals surface area contributed by atoms with Crippen molar-refractivity contribution in [2.24, 2.45) is 11.7 Å². The zero-order valence-corrected chi connectivity index (χ0v) is 11.8. The number of aromatic nitrogens is 2. The molecule has 0 radical (unpaired) electrons. The molecule has 5 nitrogen and oxygen atoms in total. The highest BCUT2D eigenvalue weighted by Crippen LogP contribution is 2.09. The van der Waals surface area contributed by atoms with Crippen molar-refractivity contribution < 1.29 is 4.79 Å². The van der Waals surface area contributed by atoms with E-state index >= 15 is 0 Å². The number of nitrogens with one attached hydrogen (secondary N) is 1. The van der Waals surface area contributed by atoms with E-state index < -0.39 is 0 Å². The summed E-state index contributed by atoms with van der Waals surface area (Å²) in [4.78, 5) is 11.8. The van der Waals surface area contributed by atoms with Gasteiger partial charge in [-0.3, -0.25) is 4.79 Å². The van der Waals surface area contributed by atoms with Crippen molar-refractivity contribution in [3.63, 3.8) is 0 Å². The zero-order chi connectivity index (χ0) is 14.5. The molecule has 2 atom stereocenters. The number of amides is 1. The van der Waals surface area contributed by atoms with Gasteiger partial charge in [0.05, 0.1) is 5.69 Å². The smallest absolute Gasteiger partial charge is 0.224 e. The zero-order valence-electron chi connectivity index (χ0n) is 11.8. The predicted molar refractivity (Wildman–Crippen MR) is 78.2 cm³/mol. The molecule has 1 heterocycles. The summed E-state index contributed by atoms with van der Waals surface area (Å²) in [5.74, 6) is -0.200. The lowest BCUT2D eigenvalue weighted by Gasteiger charge is -2.15. The van der Waals surface area contributed by atoms with Crippen LogP contribution in [-0.2, 0) is 11.3 Å². The second-order valence-corrected chi connectivity index (χ2v) is 4.98. The fraction of sp³-hybridized carbons (Fsp3) is 0.333. The molecule has 0 fully saturated rings. The Morgan fingerprint density at radius 1 is 1.35 bits per heavy atom. The van der Waals surface area contributed by atoms with Gasteiger partial charge in [-0.25, -0.2) is 4.68 Å². The van der Waals surface area contributed by atoms with Crippen molar-refractivity contribution in [2.45, 2.75) is 26.4 Å². The molecule has 0 bridgehead atoms. The SMILES string of the molecule is CC(N)C(C)C(=O)NCc1ccc(-n2cccn2)cc1. The van der Waals surface area contributed by atoms with Gasteiger partial charge in [0.1, 0.15) is 0 Å². The molecule has 1 aromatic heterocycles. The monoisotopic (exact) mass is 272 g/mol. The summed E-state index contributed by atoms with van der Waals surface area (Å²) in [7, 11) is 0. The molecule has 1 amide bonds. The highest BCUT2D eigenvalue weighted by molar-refractivity contribution is 5.78. The second-order valence-electron chi connectivity index (χ2n) is 4.98. The van der Waals surface area contributed by atoms with Crippen LogP contribution in [0.1, 0.15) is 19.4 Å². The van der Waals surface area contributed by atoms with Crippen LogP contribution in [0.2, 0.25) is 0 Å². The van der Waals surface area contributed by atoms with E-state index in [1.165, 1.54) is 0 Å². The summed E-state index contributed by atoms with van der Waals surface area (Å²) < 4.78 is 1.79. The van der Waals surface area contributed by atoms with Gasteiger partial charge in [-0.2, -0.15) is 5.10 Å². The molecule has 20 heavy (non-hydrogen) atoms. The highest BCUT2D eigenvalue weighted by atomic mass is 16.1. The van der Waals surface area contributed by atoms with E-state index in [1.807, 2.05) is 50.4 Å². The lowest BCUT2D eigenvalue weighted by atomic mass is 10.0. The Kier molecular flexibility index (Phi) is 4.53. The fourth-order valence-electron chi connectivity index (χ4n) is 1.78. The minimum Gasteiger partial charge on any atom is -0.352 e. The lowest BCUT2D eigenvalue weighted by Crippen LogP contribution is -2.38. The average Bonchev–Trinajstić information content (AvgIpc) is 2.98. The third-order valence-electron chi connectivity index (χ3n) is 3.37. The van der Waals surface area contributed by atoms with Crippen molar-refractivity contribution >= 4 is 5.91 Å². The van der Waals surface area contributed by atoms with E-state index in [2.05, 4.69) is 10.4 Å². The van der Waals surface area contributed by atoms with Crippen LogP contribution >= 0.6 is 0 Å². The molecule has 2 aromatic rings. The highest BCUT2D eigenvalue weighted by Gasteiger charge is 2.16. The van der Waals surface area contributed by atoms with Gasteiger partial charge in [-0.15, -0.1) is 0 Å². The van der Waals surface area contributed by atoms with Crippen molar-refractivity contribution in [2.75, 3.05) is 0 Å². The standard InChI is InChI=1S/C15H20N4O/c1-11(12(2)16)15(20)17-10-13-4-6-14(7-5-13)19-9-3-8-18-19/h3-9,11-12H,10,16H2,1-2H3,(H,17,20). The number of benzene rings is 1. The Bertz CT molecular complexity index is 546. The molecule has 106 valence electrons. The van der Waals surface area contributed by atoms with Gasteiger partial charge >= 0.3 is 0 Å². The number of nitrogens with two attached hydrogens (primary N) is 1. The molecular formula is C15H20N4O. The first kappa shape index (κ1) is 14.3. The van der Waals surface area contributed by atoms with Crippen LogP contribution in [0.15, 0.2) is 42.7 Å². The summed E-state index contributed by atoms with van der Waals surface area (Å²) in [6.45, 7) is 4.18. The first-order chi connectivity index (χ1) is 9.58. The van der Waals surface area contributed by atoms with E-state index in [4.69, 9.17) is 5.73 Å². The normalized spacial score (nSPS) is 13.8. The van der Waals surface area contributed by atoms with Gasteiger partial charge < -0.3 is 11.1 Å². The van der Waals surface area contributed by atoms with Gasteiger partial charge in [-0.1, -0.05) is 19.1 Å². The van der Waals surface area contributed by atoms with E-state index in [0.29, 0.717) is 6.54 Å². The molecule has 5 heteroatoms. The molecule has 0 aliphatic carbocycles. The maximum Gasteiger partial charge on any atom is 0.224 e. The van der Waals surface area contributed by atoms with E-state index in [0.717, 1.165) is 11.3 Å². The van der Waals surface area contributed by atoms with Crippen molar-refractivity contribution in [3.05, 3.63) is 48.3 Å². The van der Waals surface area contributed by atoms with Gasteiger partial charge in [0.25, 0.3) is 0 Å². The molecule has 2 unspecified atom stereocenters. The number of rotatable bonds is 5. The maximum absolute atomic E-state index is 11.8. The molecule has 0 aliphatic heterocycles. The molecule has 1 aromatic carbocycles. The van der Waals surface area contributed by atoms with Gasteiger partial charge in [0, 0.05) is 30.9 Å². The van der Waals surface area contributed by atoms with Gasteiger partial charge in [-0.05, 0) is 30.7 Å². The summed E-state index contributed by atoms with van der Waals surface area (Å²) in [6, 6.07) is 9.65. The van der Waals surface area contributed by atoms with E-state index in [1.54, 1.807) is 10.9 Å². The molecule has 0 spiro atoms. The number of carbonyl (C=O) groups excluding carboxylic acids is 1. The minimum absolute atomic E-state index is 0.0175. The molecule has 2 rings (SSSR count). The van der Waals surface area contributed by atoms with Gasteiger partial charge in [0.2, 0.25) is 5.91 Å². The third-order valence-corrected chi connectivity index (χ3v) is 3.37. The summed E-state index contributed by atoms with van der Waals surface area (Å²) in [5.41, 5.74) is 7.75. The van der Waals surface area contributed by atoms with Crippen molar-refractivity contribution in [3.8, 4) is 5.69 Å². The average molecular weight is 272 g/mol. The van der Waals surface area contributed by atoms with Crippen LogP contribution < -0.4 is 11.1 Å². The first-order valence-corrected chi connectivity index (χ1v) is 6.70. The predicted octanol–water partition coefficient (Wildman–Crippen LogP) is 1.47. The quantitative estimate of drug-likeness (QED) is 0.865. The van der Waals surface area contributed by atoms with Crippen LogP contribution in [0.5, 0.6) is 0 Å².